The molecule has 5 heteroatoms. The first-order chi connectivity index (χ1) is 12.6. The fourth-order valence-corrected chi connectivity index (χ4v) is 3.28. The predicted octanol–water partition coefficient (Wildman–Crippen LogP) is 3.59. The number of nitrogens with one attached hydrogen (secondary N) is 1. The molecule has 2 aromatic rings. The Morgan fingerprint density at radius 3 is 2.58 bits per heavy atom. The summed E-state index contributed by atoms with van der Waals surface area (Å²) in [5.41, 5.74) is 3.01. The Kier molecular flexibility index (Phi) is 6.23. The van der Waals surface area contributed by atoms with Crippen molar-refractivity contribution in [1.29, 1.82) is 0 Å². The molecule has 1 fully saturated rings. The topological polar surface area (TPSA) is 54.5 Å². The summed E-state index contributed by atoms with van der Waals surface area (Å²) in [6.07, 6.45) is 5.35. The second kappa shape index (κ2) is 8.81. The molecule has 0 unspecified atom stereocenters. The van der Waals surface area contributed by atoms with Crippen LogP contribution >= 0.6 is 0 Å². The van der Waals surface area contributed by atoms with E-state index < -0.39 is 0 Å². The van der Waals surface area contributed by atoms with E-state index in [2.05, 4.69) is 15.2 Å². The zero-order valence-corrected chi connectivity index (χ0v) is 15.6. The molecule has 0 atom stereocenters. The lowest BCUT2D eigenvalue weighted by Gasteiger charge is -2.25. The van der Waals surface area contributed by atoms with Gasteiger partial charge in [0.1, 0.15) is 5.75 Å². The first kappa shape index (κ1) is 18.4. The molecule has 26 heavy (non-hydrogen) atoms. The fraction of sp³-hybridized carbons (Fsp3) is 0.429. The average Bonchev–Trinajstić information content (AvgIpc) is 2.65. The highest BCUT2D eigenvalue weighted by Gasteiger charge is 2.15. The van der Waals surface area contributed by atoms with E-state index in [-0.39, 0.29) is 5.91 Å². The molecule has 0 aliphatic carbocycles. The lowest BCUT2D eigenvalue weighted by atomic mass is 10.1. The van der Waals surface area contributed by atoms with Crippen molar-refractivity contribution in [2.75, 3.05) is 19.6 Å². The molecular weight excluding hydrogens is 326 g/mol. The number of hydrogen-bond donors (Lipinski definition) is 1. The van der Waals surface area contributed by atoms with Gasteiger partial charge in [-0.25, -0.2) is 4.98 Å². The Hall–Kier alpha value is -2.40. The summed E-state index contributed by atoms with van der Waals surface area (Å²) >= 11 is 0. The van der Waals surface area contributed by atoms with Gasteiger partial charge in [0.15, 0.2) is 0 Å². The fourth-order valence-electron chi connectivity index (χ4n) is 3.28. The van der Waals surface area contributed by atoms with Gasteiger partial charge in [-0.05, 0) is 57.0 Å². The number of hydrogen-bond acceptors (Lipinski definition) is 4. The summed E-state index contributed by atoms with van der Waals surface area (Å²) in [4.78, 5) is 18.8. The molecule has 0 radical (unpaired) electrons. The molecule has 1 saturated heterocycles. The van der Waals surface area contributed by atoms with E-state index in [1.165, 1.54) is 19.3 Å². The zero-order valence-electron chi connectivity index (χ0n) is 15.6. The van der Waals surface area contributed by atoms with Crippen molar-refractivity contribution in [2.45, 2.75) is 39.7 Å². The largest absolute Gasteiger partial charge is 0.438 e. The van der Waals surface area contributed by atoms with Gasteiger partial charge in [0.2, 0.25) is 11.8 Å². The van der Waals surface area contributed by atoms with Gasteiger partial charge in [-0.2, -0.15) is 0 Å². The van der Waals surface area contributed by atoms with Crippen LogP contribution in [0.4, 0.5) is 0 Å². The maximum absolute atomic E-state index is 12.2. The monoisotopic (exact) mass is 353 g/mol. The molecular formula is C21H27N3O2. The van der Waals surface area contributed by atoms with Gasteiger partial charge >= 0.3 is 0 Å². The van der Waals surface area contributed by atoms with E-state index >= 15 is 0 Å². The third-order valence-corrected chi connectivity index (χ3v) is 4.75. The van der Waals surface area contributed by atoms with Crippen LogP contribution in [0.2, 0.25) is 0 Å². The highest BCUT2D eigenvalue weighted by Crippen LogP contribution is 2.29. The normalized spacial score (nSPS) is 14.8. The third kappa shape index (κ3) is 4.82. The van der Waals surface area contributed by atoms with Crippen LogP contribution in [-0.2, 0) is 11.3 Å². The van der Waals surface area contributed by atoms with Crippen molar-refractivity contribution in [1.82, 2.24) is 15.2 Å². The number of carbonyl (C=O) groups is 1. The molecule has 1 aliphatic heterocycles. The number of pyridine rings is 1. The average molecular weight is 353 g/mol. The number of para-hydroxylation sites is 1. The molecule has 1 aliphatic rings. The molecule has 1 amide bonds. The quantitative estimate of drug-likeness (QED) is 0.862. The lowest BCUT2D eigenvalue weighted by molar-refractivity contribution is -0.122. The van der Waals surface area contributed by atoms with E-state index in [1.807, 2.05) is 44.2 Å². The minimum Gasteiger partial charge on any atom is -0.438 e. The Balaban J connectivity index is 1.63. The minimum atomic E-state index is 0.0498. The Morgan fingerprint density at radius 1 is 1.12 bits per heavy atom. The standard InChI is InChI=1S/C21H27N3O2/c1-16-8-6-9-17(2)20(16)26-21-18(10-7-11-22-21)14-23-19(25)15-24-12-4-3-5-13-24/h6-11H,3-5,12-15H2,1-2H3,(H,23,25). The highest BCUT2D eigenvalue weighted by atomic mass is 16.5. The van der Waals surface area contributed by atoms with E-state index in [4.69, 9.17) is 4.74 Å². The molecule has 1 N–H and O–H groups in total. The van der Waals surface area contributed by atoms with E-state index in [0.717, 1.165) is 35.5 Å². The van der Waals surface area contributed by atoms with Gasteiger partial charge in [-0.15, -0.1) is 0 Å². The zero-order chi connectivity index (χ0) is 18.4. The Morgan fingerprint density at radius 2 is 1.85 bits per heavy atom. The summed E-state index contributed by atoms with van der Waals surface area (Å²) in [5.74, 6) is 1.42. The van der Waals surface area contributed by atoms with Gasteiger partial charge in [0.25, 0.3) is 0 Å². The number of piperidine rings is 1. The lowest BCUT2D eigenvalue weighted by Crippen LogP contribution is -2.39. The Labute approximate surface area is 155 Å². The summed E-state index contributed by atoms with van der Waals surface area (Å²) < 4.78 is 6.08. The number of aryl methyl sites for hydroxylation is 2. The van der Waals surface area contributed by atoms with E-state index in [1.54, 1.807) is 6.20 Å². The third-order valence-electron chi connectivity index (χ3n) is 4.75. The highest BCUT2D eigenvalue weighted by molar-refractivity contribution is 5.78. The number of benzene rings is 1. The van der Waals surface area contributed by atoms with Gasteiger partial charge in [-0.1, -0.05) is 30.7 Å². The number of aromatic nitrogens is 1. The molecule has 5 nitrogen and oxygen atoms in total. The summed E-state index contributed by atoms with van der Waals surface area (Å²) in [7, 11) is 0. The second-order valence-electron chi connectivity index (χ2n) is 6.90. The van der Waals surface area contributed by atoms with E-state index in [0.29, 0.717) is 19.0 Å². The van der Waals surface area contributed by atoms with Crippen LogP contribution in [0, 0.1) is 13.8 Å². The van der Waals surface area contributed by atoms with Gasteiger partial charge < -0.3 is 10.1 Å². The van der Waals surface area contributed by atoms with Gasteiger partial charge in [0, 0.05) is 18.3 Å². The number of amides is 1. The van der Waals surface area contributed by atoms with Crippen molar-refractivity contribution < 1.29 is 9.53 Å². The van der Waals surface area contributed by atoms with Crippen LogP contribution in [0.25, 0.3) is 0 Å². The maximum atomic E-state index is 12.2. The SMILES string of the molecule is Cc1cccc(C)c1Oc1ncccc1CNC(=O)CN1CCCCC1. The van der Waals surface area contributed by atoms with Crippen LogP contribution < -0.4 is 10.1 Å². The molecule has 3 rings (SSSR count). The van der Waals surface area contributed by atoms with Crippen LogP contribution in [0.5, 0.6) is 11.6 Å². The summed E-state index contributed by atoms with van der Waals surface area (Å²) in [5, 5.41) is 3.00. The van der Waals surface area contributed by atoms with Crippen molar-refractivity contribution in [3.8, 4) is 11.6 Å². The predicted molar refractivity (Wildman–Crippen MR) is 102 cm³/mol. The van der Waals surface area contributed by atoms with Crippen LogP contribution in [0.15, 0.2) is 36.5 Å². The first-order valence-corrected chi connectivity index (χ1v) is 9.30. The molecule has 0 spiro atoms. The Bertz CT molecular complexity index is 734. The van der Waals surface area contributed by atoms with E-state index in [9.17, 15) is 4.79 Å². The van der Waals surface area contributed by atoms with Crippen LogP contribution in [-0.4, -0.2) is 35.4 Å². The molecule has 1 aromatic heterocycles. The second-order valence-corrected chi connectivity index (χ2v) is 6.90. The first-order valence-electron chi connectivity index (χ1n) is 9.30. The number of likely N-dealkylation sites (tertiary alicyclic amines) is 1. The smallest absolute Gasteiger partial charge is 0.234 e. The molecule has 0 bridgehead atoms. The van der Waals surface area contributed by atoms with Crippen molar-refractivity contribution in [3.63, 3.8) is 0 Å². The number of carbonyl (C=O) groups excluding carboxylic acids is 1. The van der Waals surface area contributed by atoms with Crippen molar-refractivity contribution >= 4 is 5.91 Å². The van der Waals surface area contributed by atoms with Crippen LogP contribution in [0.3, 0.4) is 0 Å². The number of rotatable bonds is 6. The maximum Gasteiger partial charge on any atom is 0.234 e. The molecule has 1 aromatic carbocycles. The minimum absolute atomic E-state index is 0.0498. The molecule has 138 valence electrons. The van der Waals surface area contributed by atoms with Crippen molar-refractivity contribution in [3.05, 3.63) is 53.2 Å². The van der Waals surface area contributed by atoms with Gasteiger partial charge in [-0.3, -0.25) is 9.69 Å². The summed E-state index contributed by atoms with van der Waals surface area (Å²) in [6, 6.07) is 9.86. The number of nitrogens with zero attached hydrogens (tertiary/aromatic N) is 2. The van der Waals surface area contributed by atoms with Crippen molar-refractivity contribution in [2.24, 2.45) is 0 Å². The molecule has 2 heterocycles. The van der Waals surface area contributed by atoms with Crippen LogP contribution in [0.1, 0.15) is 36.0 Å². The summed E-state index contributed by atoms with van der Waals surface area (Å²) in [6.45, 7) is 6.95. The molecule has 0 saturated carbocycles. The van der Waals surface area contributed by atoms with Gasteiger partial charge in [0.05, 0.1) is 6.54 Å². The number of ether oxygens (including phenoxy) is 1.